The van der Waals surface area contributed by atoms with E-state index in [9.17, 15) is 9.59 Å². The highest BCUT2D eigenvalue weighted by Crippen LogP contribution is 2.64. The number of methoxy groups -OCH3 is 1. The van der Waals surface area contributed by atoms with Gasteiger partial charge < -0.3 is 9.47 Å². The number of hydrogen-bond donors (Lipinski definition) is 0. The number of para-hydroxylation sites is 1. The van der Waals surface area contributed by atoms with Gasteiger partial charge in [0.25, 0.3) is 0 Å². The first-order valence-corrected chi connectivity index (χ1v) is 12.0. The minimum absolute atomic E-state index is 0.00433. The average molecular weight is 432 g/mol. The topological polar surface area (TPSA) is 57.5 Å². The Morgan fingerprint density at radius 2 is 2.03 bits per heavy atom. The van der Waals surface area contributed by atoms with Gasteiger partial charge in [0.1, 0.15) is 12.3 Å². The van der Waals surface area contributed by atoms with E-state index in [1.54, 1.807) is 18.6 Å². The van der Waals surface area contributed by atoms with Gasteiger partial charge in [0, 0.05) is 21.6 Å². The lowest BCUT2D eigenvalue weighted by Gasteiger charge is -2.40. The van der Waals surface area contributed by atoms with Crippen LogP contribution in [0.25, 0.3) is 0 Å². The van der Waals surface area contributed by atoms with Crippen molar-refractivity contribution in [3.8, 4) is 5.75 Å². The van der Waals surface area contributed by atoms with Crippen LogP contribution in [0, 0.1) is 17.8 Å². The number of esters is 1. The molecule has 0 radical (unpaired) electrons. The van der Waals surface area contributed by atoms with Crippen LogP contribution in [0.1, 0.15) is 42.5 Å². The number of benzene rings is 1. The molecule has 2 fully saturated rings. The van der Waals surface area contributed by atoms with Crippen molar-refractivity contribution < 1.29 is 14.3 Å². The molecule has 154 valence electrons. The van der Waals surface area contributed by atoms with Crippen LogP contribution in [-0.2, 0) is 16.1 Å². The van der Waals surface area contributed by atoms with Gasteiger partial charge in [-0.15, -0.1) is 11.8 Å². The fourth-order valence-electron chi connectivity index (χ4n) is 5.69. The zero-order chi connectivity index (χ0) is 20.1. The molecule has 7 heteroatoms. The van der Waals surface area contributed by atoms with Crippen LogP contribution in [0.5, 0.6) is 5.75 Å². The molecule has 0 saturated heterocycles. The molecule has 2 saturated carbocycles. The second-order valence-electron chi connectivity index (χ2n) is 8.14. The molecular weight excluding hydrogens is 406 g/mol. The zero-order valence-electron chi connectivity index (χ0n) is 16.6. The lowest BCUT2D eigenvalue weighted by atomic mass is 9.74. The van der Waals surface area contributed by atoms with E-state index in [1.807, 2.05) is 23.9 Å². The zero-order valence-corrected chi connectivity index (χ0v) is 18.3. The van der Waals surface area contributed by atoms with Crippen LogP contribution in [0.2, 0.25) is 0 Å². The summed E-state index contributed by atoms with van der Waals surface area (Å²) in [5.41, 5.74) is 1.17. The Labute approximate surface area is 178 Å². The van der Waals surface area contributed by atoms with Gasteiger partial charge in [-0.25, -0.2) is 0 Å². The maximum absolute atomic E-state index is 12.9. The maximum atomic E-state index is 12.9. The average Bonchev–Trinajstić information content (AvgIpc) is 3.41. The van der Waals surface area contributed by atoms with E-state index >= 15 is 0 Å². The summed E-state index contributed by atoms with van der Waals surface area (Å²) in [5.74, 6) is 2.62. The molecule has 2 aromatic rings. The van der Waals surface area contributed by atoms with Gasteiger partial charge >= 0.3 is 10.8 Å². The van der Waals surface area contributed by atoms with Crippen LogP contribution >= 0.6 is 23.1 Å². The minimum atomic E-state index is -0.347. The van der Waals surface area contributed by atoms with E-state index in [-0.39, 0.29) is 23.3 Å². The summed E-state index contributed by atoms with van der Waals surface area (Å²) in [6.45, 7) is 2.11. The van der Waals surface area contributed by atoms with Gasteiger partial charge in [-0.3, -0.25) is 14.2 Å². The second-order valence-corrected chi connectivity index (χ2v) is 10.3. The molecule has 2 bridgehead atoms. The number of ether oxygens (including phenoxy) is 2. The van der Waals surface area contributed by atoms with E-state index in [2.05, 4.69) is 12.1 Å². The van der Waals surface area contributed by atoms with E-state index in [0.717, 1.165) is 15.7 Å². The Morgan fingerprint density at radius 3 is 2.83 bits per heavy atom. The van der Waals surface area contributed by atoms with Crippen LogP contribution in [0.4, 0.5) is 0 Å². The molecule has 5 rings (SSSR count). The predicted molar refractivity (Wildman–Crippen MR) is 114 cm³/mol. The molecule has 0 N–H and O–H groups in total. The highest BCUT2D eigenvalue weighted by molar-refractivity contribution is 8.00. The van der Waals surface area contributed by atoms with Gasteiger partial charge in [0.15, 0.2) is 0 Å². The molecule has 5 nitrogen and oxygen atoms in total. The quantitative estimate of drug-likeness (QED) is 0.666. The number of thioether (sulfide) groups is 1. The third kappa shape index (κ3) is 3.05. The molecule has 0 spiro atoms. The largest absolute Gasteiger partial charge is 0.496 e. The van der Waals surface area contributed by atoms with E-state index in [1.165, 1.54) is 36.2 Å². The van der Waals surface area contributed by atoms with Crippen molar-refractivity contribution in [2.75, 3.05) is 13.7 Å². The Balaban J connectivity index is 1.64. The van der Waals surface area contributed by atoms with Gasteiger partial charge in [0.2, 0.25) is 0 Å². The molecule has 2 heterocycles. The minimum Gasteiger partial charge on any atom is -0.496 e. The first kappa shape index (κ1) is 19.2. The number of fused-ring (bicyclic) bond motifs is 6. The van der Waals surface area contributed by atoms with Gasteiger partial charge in [0.05, 0.1) is 18.7 Å². The third-order valence-electron chi connectivity index (χ3n) is 6.76. The normalized spacial score (nSPS) is 29.4. The van der Waals surface area contributed by atoms with Crippen molar-refractivity contribution in [1.82, 2.24) is 4.57 Å². The lowest BCUT2D eigenvalue weighted by Crippen LogP contribution is -2.34. The van der Waals surface area contributed by atoms with Crippen molar-refractivity contribution in [1.29, 1.82) is 0 Å². The Kier molecular flexibility index (Phi) is 4.98. The molecule has 29 heavy (non-hydrogen) atoms. The summed E-state index contributed by atoms with van der Waals surface area (Å²) in [6, 6.07) is 8.21. The van der Waals surface area contributed by atoms with Crippen LogP contribution in [0.3, 0.4) is 0 Å². The molecular formula is C22H25NO4S2. The maximum Gasteiger partial charge on any atom is 0.326 e. The molecule has 1 aliphatic heterocycles. The summed E-state index contributed by atoms with van der Waals surface area (Å²) in [4.78, 5) is 26.1. The fraction of sp³-hybridized carbons (Fsp3) is 0.545. The van der Waals surface area contributed by atoms with Gasteiger partial charge in [-0.05, 0) is 50.0 Å². The Morgan fingerprint density at radius 1 is 1.24 bits per heavy atom. The van der Waals surface area contributed by atoms with Crippen molar-refractivity contribution in [3.05, 3.63) is 44.4 Å². The molecule has 4 unspecified atom stereocenters. The molecule has 0 amide bonds. The summed E-state index contributed by atoms with van der Waals surface area (Å²) in [5, 5.41) is 1.47. The monoisotopic (exact) mass is 431 g/mol. The van der Waals surface area contributed by atoms with Crippen molar-refractivity contribution >= 4 is 29.1 Å². The number of carbonyl (C=O) groups is 1. The number of nitrogens with zero attached hydrogens (tertiary/aromatic N) is 1. The molecule has 1 aromatic heterocycles. The summed E-state index contributed by atoms with van der Waals surface area (Å²) in [7, 11) is 1.71. The second kappa shape index (κ2) is 7.51. The standard InChI is InChI=1S/C22H25NO4S2/c1-3-27-16(24)11-23-21-20(29-22(23)25)18(14-6-4-5-7-15(14)26-2)17-12-8-9-13(10-12)19(17)28-21/h4-7,12-13,17-19H,3,8-11H2,1-2H3/t12?,13?,17?,18-,19?/m1/s1. The number of rotatable bonds is 5. The lowest BCUT2D eigenvalue weighted by molar-refractivity contribution is -0.144. The first-order chi connectivity index (χ1) is 14.1. The van der Waals surface area contributed by atoms with Crippen molar-refractivity contribution in [2.24, 2.45) is 17.8 Å². The van der Waals surface area contributed by atoms with Crippen molar-refractivity contribution in [3.63, 3.8) is 0 Å². The molecule has 5 atom stereocenters. The van der Waals surface area contributed by atoms with E-state index in [4.69, 9.17) is 9.47 Å². The Bertz CT molecular complexity index is 997. The summed E-state index contributed by atoms with van der Waals surface area (Å²) in [6.07, 6.45) is 3.84. The molecule has 2 aliphatic carbocycles. The predicted octanol–water partition coefficient (Wildman–Crippen LogP) is 4.13. The highest BCUT2D eigenvalue weighted by atomic mass is 32.2. The number of thiazole rings is 1. The highest BCUT2D eigenvalue weighted by Gasteiger charge is 2.55. The first-order valence-electron chi connectivity index (χ1n) is 10.3. The van der Waals surface area contributed by atoms with Crippen molar-refractivity contribution in [2.45, 2.75) is 48.9 Å². The van der Waals surface area contributed by atoms with E-state index in [0.29, 0.717) is 29.6 Å². The number of carbonyl (C=O) groups excluding carboxylic acids is 1. The van der Waals surface area contributed by atoms with E-state index < -0.39 is 0 Å². The Hall–Kier alpha value is -1.73. The summed E-state index contributed by atoms with van der Waals surface area (Å²) >= 11 is 3.13. The fourth-order valence-corrected chi connectivity index (χ4v) is 8.84. The molecule has 1 aromatic carbocycles. The van der Waals surface area contributed by atoms with Crippen LogP contribution in [0.15, 0.2) is 34.1 Å². The molecule has 3 aliphatic rings. The number of hydrogen-bond acceptors (Lipinski definition) is 6. The van der Waals surface area contributed by atoms with Crippen LogP contribution in [-0.4, -0.2) is 29.5 Å². The van der Waals surface area contributed by atoms with Gasteiger partial charge in [-0.2, -0.15) is 0 Å². The third-order valence-corrected chi connectivity index (χ3v) is 9.58. The number of aromatic nitrogens is 1. The van der Waals surface area contributed by atoms with Crippen LogP contribution < -0.4 is 9.61 Å². The SMILES string of the molecule is CCOC(=O)Cn1c2c(sc1=O)[C@H](c1ccccc1OC)C1C3CCC(C3)C1S2. The smallest absolute Gasteiger partial charge is 0.326 e. The summed E-state index contributed by atoms with van der Waals surface area (Å²) < 4.78 is 12.5. The van der Waals surface area contributed by atoms with Gasteiger partial charge in [-0.1, -0.05) is 29.5 Å².